The SMILES string of the molecule is CC(N)CNC(=O)c1cc(C(C)(C)C)[nH]n1. The molecule has 0 bridgehead atoms. The zero-order valence-corrected chi connectivity index (χ0v) is 10.3. The topological polar surface area (TPSA) is 83.8 Å². The van der Waals surface area contributed by atoms with Crippen molar-refractivity contribution in [1.29, 1.82) is 0 Å². The van der Waals surface area contributed by atoms with E-state index in [1.54, 1.807) is 6.07 Å². The van der Waals surface area contributed by atoms with E-state index < -0.39 is 0 Å². The van der Waals surface area contributed by atoms with E-state index in [9.17, 15) is 4.79 Å². The first kappa shape index (κ1) is 12.7. The van der Waals surface area contributed by atoms with Crippen LogP contribution in [0.1, 0.15) is 43.9 Å². The van der Waals surface area contributed by atoms with E-state index in [-0.39, 0.29) is 17.4 Å². The first-order chi connectivity index (χ1) is 7.30. The maximum absolute atomic E-state index is 11.6. The molecule has 1 atom stereocenters. The van der Waals surface area contributed by atoms with Gasteiger partial charge in [0.25, 0.3) is 5.91 Å². The third-order valence-electron chi connectivity index (χ3n) is 2.20. The predicted octanol–water partition coefficient (Wildman–Crippen LogP) is 0.784. The first-order valence-electron chi connectivity index (χ1n) is 5.40. The van der Waals surface area contributed by atoms with Gasteiger partial charge in [0.2, 0.25) is 0 Å². The van der Waals surface area contributed by atoms with Gasteiger partial charge in [0.1, 0.15) is 5.69 Å². The van der Waals surface area contributed by atoms with Crippen LogP contribution in [0.15, 0.2) is 6.07 Å². The van der Waals surface area contributed by atoms with Gasteiger partial charge in [-0.2, -0.15) is 5.10 Å². The molecular formula is C11H20N4O. The zero-order chi connectivity index (χ0) is 12.3. The molecule has 5 heteroatoms. The summed E-state index contributed by atoms with van der Waals surface area (Å²) >= 11 is 0. The van der Waals surface area contributed by atoms with Crippen LogP contribution in [0.3, 0.4) is 0 Å². The number of carbonyl (C=O) groups excluding carboxylic acids is 1. The fourth-order valence-electron chi connectivity index (χ4n) is 1.17. The fourth-order valence-corrected chi connectivity index (χ4v) is 1.17. The Bertz CT molecular complexity index is 362. The van der Waals surface area contributed by atoms with Gasteiger partial charge in [0.05, 0.1) is 0 Å². The lowest BCUT2D eigenvalue weighted by atomic mass is 9.92. The molecule has 0 aliphatic rings. The number of nitrogens with one attached hydrogen (secondary N) is 2. The van der Waals surface area contributed by atoms with Gasteiger partial charge in [-0.3, -0.25) is 9.89 Å². The van der Waals surface area contributed by atoms with E-state index in [0.717, 1.165) is 5.69 Å². The van der Waals surface area contributed by atoms with Crippen molar-refractivity contribution in [3.63, 3.8) is 0 Å². The summed E-state index contributed by atoms with van der Waals surface area (Å²) in [5.74, 6) is -0.191. The van der Waals surface area contributed by atoms with Gasteiger partial charge >= 0.3 is 0 Å². The van der Waals surface area contributed by atoms with E-state index in [2.05, 4.69) is 36.3 Å². The number of nitrogens with zero attached hydrogens (tertiary/aromatic N) is 1. The van der Waals surface area contributed by atoms with E-state index >= 15 is 0 Å². The molecule has 0 fully saturated rings. The van der Waals surface area contributed by atoms with Crippen LogP contribution in [-0.4, -0.2) is 28.7 Å². The molecule has 1 heterocycles. The molecule has 5 nitrogen and oxygen atoms in total. The normalized spacial score (nSPS) is 13.6. The maximum atomic E-state index is 11.6. The summed E-state index contributed by atoms with van der Waals surface area (Å²) < 4.78 is 0. The second kappa shape index (κ2) is 4.65. The van der Waals surface area contributed by atoms with Crippen molar-refractivity contribution >= 4 is 5.91 Å². The summed E-state index contributed by atoms with van der Waals surface area (Å²) in [5.41, 5.74) is 6.87. The van der Waals surface area contributed by atoms with E-state index in [1.165, 1.54) is 0 Å². The molecule has 0 saturated carbocycles. The summed E-state index contributed by atoms with van der Waals surface area (Å²) in [6, 6.07) is 1.72. The Hall–Kier alpha value is -1.36. The lowest BCUT2D eigenvalue weighted by Crippen LogP contribution is -2.35. The maximum Gasteiger partial charge on any atom is 0.271 e. The Balaban J connectivity index is 2.67. The van der Waals surface area contributed by atoms with Gasteiger partial charge in [0, 0.05) is 23.7 Å². The van der Waals surface area contributed by atoms with Gasteiger partial charge in [-0.15, -0.1) is 0 Å². The standard InChI is InChI=1S/C11H20N4O/c1-7(12)6-13-10(16)8-5-9(15-14-8)11(2,3)4/h5,7H,6,12H2,1-4H3,(H,13,16)(H,14,15). The van der Waals surface area contributed by atoms with Crippen LogP contribution in [0.2, 0.25) is 0 Å². The molecule has 0 spiro atoms. The second-order valence-electron chi connectivity index (χ2n) is 5.10. The number of hydrogen-bond donors (Lipinski definition) is 3. The highest BCUT2D eigenvalue weighted by Gasteiger charge is 2.19. The molecule has 0 saturated heterocycles. The predicted molar refractivity (Wildman–Crippen MR) is 63.3 cm³/mol. The monoisotopic (exact) mass is 224 g/mol. The Morgan fingerprint density at radius 1 is 1.62 bits per heavy atom. The number of amides is 1. The molecule has 1 aromatic heterocycles. The van der Waals surface area contributed by atoms with Crippen LogP contribution < -0.4 is 11.1 Å². The number of aromatic amines is 1. The summed E-state index contributed by atoms with van der Waals surface area (Å²) in [5, 5.41) is 9.57. The van der Waals surface area contributed by atoms with Crippen LogP contribution in [-0.2, 0) is 5.41 Å². The Labute approximate surface area is 95.8 Å². The summed E-state index contributed by atoms with van der Waals surface area (Å²) in [6.45, 7) is 8.47. The number of aromatic nitrogens is 2. The van der Waals surface area contributed by atoms with Crippen molar-refractivity contribution < 1.29 is 4.79 Å². The largest absolute Gasteiger partial charge is 0.349 e. The lowest BCUT2D eigenvalue weighted by Gasteiger charge is -2.14. The molecule has 16 heavy (non-hydrogen) atoms. The van der Waals surface area contributed by atoms with Gasteiger partial charge in [0.15, 0.2) is 0 Å². The van der Waals surface area contributed by atoms with Gasteiger partial charge in [-0.25, -0.2) is 0 Å². The van der Waals surface area contributed by atoms with Crippen LogP contribution in [0.25, 0.3) is 0 Å². The molecule has 0 aliphatic heterocycles. The van der Waals surface area contributed by atoms with E-state index in [0.29, 0.717) is 12.2 Å². The Kier molecular flexibility index (Phi) is 3.70. The van der Waals surface area contributed by atoms with Crippen molar-refractivity contribution in [3.8, 4) is 0 Å². The Morgan fingerprint density at radius 3 is 2.69 bits per heavy atom. The molecular weight excluding hydrogens is 204 g/mol. The van der Waals surface area contributed by atoms with Crippen molar-refractivity contribution in [2.75, 3.05) is 6.54 Å². The molecule has 1 unspecified atom stereocenters. The lowest BCUT2D eigenvalue weighted by molar-refractivity contribution is 0.0946. The smallest absolute Gasteiger partial charge is 0.271 e. The molecule has 1 rings (SSSR count). The number of carbonyl (C=O) groups is 1. The molecule has 1 aromatic rings. The minimum absolute atomic E-state index is 0.0350. The first-order valence-corrected chi connectivity index (χ1v) is 5.40. The highest BCUT2D eigenvalue weighted by molar-refractivity contribution is 5.92. The second-order valence-corrected chi connectivity index (χ2v) is 5.10. The average Bonchev–Trinajstić information content (AvgIpc) is 2.61. The highest BCUT2D eigenvalue weighted by Crippen LogP contribution is 2.20. The van der Waals surface area contributed by atoms with Crippen molar-refractivity contribution in [2.24, 2.45) is 5.73 Å². The molecule has 1 amide bonds. The minimum Gasteiger partial charge on any atom is -0.349 e. The van der Waals surface area contributed by atoms with Crippen LogP contribution in [0.5, 0.6) is 0 Å². The van der Waals surface area contributed by atoms with Gasteiger partial charge < -0.3 is 11.1 Å². The fraction of sp³-hybridized carbons (Fsp3) is 0.636. The highest BCUT2D eigenvalue weighted by atomic mass is 16.1. The van der Waals surface area contributed by atoms with E-state index in [4.69, 9.17) is 5.73 Å². The average molecular weight is 224 g/mol. The molecule has 0 aliphatic carbocycles. The quantitative estimate of drug-likeness (QED) is 0.709. The van der Waals surface area contributed by atoms with E-state index in [1.807, 2.05) is 6.92 Å². The van der Waals surface area contributed by atoms with Crippen molar-refractivity contribution in [1.82, 2.24) is 15.5 Å². The minimum atomic E-state index is -0.191. The van der Waals surface area contributed by atoms with Gasteiger partial charge in [-0.1, -0.05) is 20.8 Å². The zero-order valence-electron chi connectivity index (χ0n) is 10.3. The molecule has 4 N–H and O–H groups in total. The van der Waals surface area contributed by atoms with Crippen molar-refractivity contribution in [2.45, 2.75) is 39.2 Å². The molecule has 90 valence electrons. The molecule has 0 radical (unpaired) electrons. The number of hydrogen-bond acceptors (Lipinski definition) is 3. The summed E-state index contributed by atoms with van der Waals surface area (Å²) in [4.78, 5) is 11.6. The summed E-state index contributed by atoms with van der Waals surface area (Å²) in [7, 11) is 0. The van der Waals surface area contributed by atoms with Crippen LogP contribution in [0, 0.1) is 0 Å². The van der Waals surface area contributed by atoms with Crippen LogP contribution in [0.4, 0.5) is 0 Å². The summed E-state index contributed by atoms with van der Waals surface area (Å²) in [6.07, 6.45) is 0. The number of rotatable bonds is 3. The molecule has 0 aromatic carbocycles. The number of H-pyrrole nitrogens is 1. The third kappa shape index (κ3) is 3.34. The number of nitrogens with two attached hydrogens (primary N) is 1. The van der Waals surface area contributed by atoms with Crippen LogP contribution >= 0.6 is 0 Å². The van der Waals surface area contributed by atoms with Gasteiger partial charge in [-0.05, 0) is 13.0 Å². The Morgan fingerprint density at radius 2 is 2.25 bits per heavy atom. The van der Waals surface area contributed by atoms with Crippen molar-refractivity contribution in [3.05, 3.63) is 17.5 Å². The third-order valence-corrected chi connectivity index (χ3v) is 2.20.